The molecule has 4 heterocycles. The van der Waals surface area contributed by atoms with Crippen LogP contribution in [0.3, 0.4) is 0 Å². The Balaban J connectivity index is 1.47. The molecular formula is C19H20BrF2N9. The lowest BCUT2D eigenvalue weighted by Crippen LogP contribution is -2.54. The molecular weight excluding hydrogens is 472 g/mol. The van der Waals surface area contributed by atoms with E-state index in [1.54, 1.807) is 10.7 Å². The predicted molar refractivity (Wildman–Crippen MR) is 116 cm³/mol. The summed E-state index contributed by atoms with van der Waals surface area (Å²) in [5.74, 6) is -0.352. The van der Waals surface area contributed by atoms with Gasteiger partial charge in [-0.1, -0.05) is 0 Å². The number of H-pyrrole nitrogens is 1. The number of aromatic amines is 1. The molecule has 0 radical (unpaired) electrons. The minimum Gasteiger partial charge on any atom is -0.360 e. The van der Waals surface area contributed by atoms with Crippen molar-refractivity contribution in [1.29, 1.82) is 0 Å². The van der Waals surface area contributed by atoms with Gasteiger partial charge in [-0.05, 0) is 41.9 Å². The number of nitrogens with zero attached hydrogens (tertiary/aromatic N) is 6. The van der Waals surface area contributed by atoms with E-state index < -0.39 is 11.6 Å². The number of rotatable bonds is 4. The van der Waals surface area contributed by atoms with Gasteiger partial charge in [-0.15, -0.1) is 5.10 Å². The van der Waals surface area contributed by atoms with Crippen molar-refractivity contribution in [3.05, 3.63) is 40.4 Å². The normalized spacial score (nSPS) is 19.5. The van der Waals surface area contributed by atoms with Gasteiger partial charge in [0.05, 0.1) is 18.3 Å². The molecule has 12 heteroatoms. The zero-order valence-electron chi connectivity index (χ0n) is 16.8. The molecule has 1 saturated heterocycles. The fourth-order valence-electron chi connectivity index (χ4n) is 3.91. The summed E-state index contributed by atoms with van der Waals surface area (Å²) in [7, 11) is 0. The van der Waals surface area contributed by atoms with Crippen LogP contribution < -0.4 is 15.5 Å². The van der Waals surface area contributed by atoms with E-state index in [4.69, 9.17) is 4.98 Å². The maximum absolute atomic E-state index is 14.0. The number of anilines is 2. The van der Waals surface area contributed by atoms with Crippen molar-refractivity contribution in [2.45, 2.75) is 32.5 Å². The Kier molecular flexibility index (Phi) is 4.97. The van der Waals surface area contributed by atoms with Gasteiger partial charge in [-0.2, -0.15) is 9.50 Å². The highest BCUT2D eigenvalue weighted by molar-refractivity contribution is 9.10. The lowest BCUT2D eigenvalue weighted by Gasteiger charge is -2.36. The molecule has 31 heavy (non-hydrogen) atoms. The zero-order chi connectivity index (χ0) is 21.7. The monoisotopic (exact) mass is 491 g/mol. The third kappa shape index (κ3) is 3.69. The quantitative estimate of drug-likeness (QED) is 0.403. The van der Waals surface area contributed by atoms with Gasteiger partial charge in [0, 0.05) is 25.2 Å². The smallest absolute Gasteiger partial charge is 0.245 e. The predicted octanol–water partition coefficient (Wildman–Crippen LogP) is 2.84. The van der Waals surface area contributed by atoms with E-state index >= 15 is 0 Å². The Morgan fingerprint density at radius 1 is 1.19 bits per heavy atom. The number of benzene rings is 1. The average Bonchev–Trinajstić information content (AvgIpc) is 3.32. The first-order valence-corrected chi connectivity index (χ1v) is 10.7. The van der Waals surface area contributed by atoms with Crippen molar-refractivity contribution in [3.63, 3.8) is 0 Å². The fraction of sp³-hybridized carbons (Fsp3) is 0.368. The largest absolute Gasteiger partial charge is 0.360 e. The van der Waals surface area contributed by atoms with Crippen molar-refractivity contribution in [2.75, 3.05) is 23.3 Å². The lowest BCUT2D eigenvalue weighted by molar-refractivity contribution is 0.402. The molecule has 1 fully saturated rings. The molecule has 3 aromatic heterocycles. The highest BCUT2D eigenvalue weighted by atomic mass is 79.9. The molecule has 0 bridgehead atoms. The maximum Gasteiger partial charge on any atom is 0.245 e. The Bertz CT molecular complexity index is 1260. The average molecular weight is 492 g/mol. The van der Waals surface area contributed by atoms with Crippen LogP contribution in [0.1, 0.15) is 19.7 Å². The number of imidazole rings is 2. The van der Waals surface area contributed by atoms with Crippen molar-refractivity contribution in [2.24, 2.45) is 0 Å². The number of halogens is 3. The topological polar surface area (TPSA) is 99.1 Å². The number of piperazine rings is 1. The van der Waals surface area contributed by atoms with E-state index in [-0.39, 0.29) is 12.1 Å². The molecule has 162 valence electrons. The number of hydrogen-bond donors (Lipinski definition) is 3. The van der Waals surface area contributed by atoms with Crippen molar-refractivity contribution in [3.8, 4) is 0 Å². The van der Waals surface area contributed by atoms with Crippen LogP contribution in [0.4, 0.5) is 20.5 Å². The SMILES string of the molecule is C[C@@H]1CN(c2nc(NCc3nc4c(F)c(F)ccc4[nH]3)c3ncc(Br)n3n2)C[C@H](C)N1. The van der Waals surface area contributed by atoms with E-state index in [9.17, 15) is 8.78 Å². The first-order valence-electron chi connectivity index (χ1n) is 9.88. The first kappa shape index (κ1) is 20.1. The minimum atomic E-state index is -0.967. The summed E-state index contributed by atoms with van der Waals surface area (Å²) >= 11 is 3.47. The van der Waals surface area contributed by atoms with Crippen LogP contribution in [0, 0.1) is 11.6 Å². The molecule has 5 rings (SSSR count). The summed E-state index contributed by atoms with van der Waals surface area (Å²) in [6.07, 6.45) is 1.65. The van der Waals surface area contributed by atoms with Crippen molar-refractivity contribution >= 4 is 44.4 Å². The number of aromatic nitrogens is 6. The van der Waals surface area contributed by atoms with Crippen LogP contribution in [0.2, 0.25) is 0 Å². The summed E-state index contributed by atoms with van der Waals surface area (Å²) in [6, 6.07) is 3.14. The molecule has 0 spiro atoms. The number of fused-ring (bicyclic) bond motifs is 2. The highest BCUT2D eigenvalue weighted by Crippen LogP contribution is 2.23. The van der Waals surface area contributed by atoms with Gasteiger partial charge in [0.2, 0.25) is 5.95 Å². The van der Waals surface area contributed by atoms with E-state index in [0.29, 0.717) is 45.4 Å². The summed E-state index contributed by atoms with van der Waals surface area (Å²) in [4.78, 5) is 18.4. The van der Waals surface area contributed by atoms with Gasteiger partial charge >= 0.3 is 0 Å². The molecule has 0 aliphatic carbocycles. The lowest BCUT2D eigenvalue weighted by atomic mass is 10.1. The summed E-state index contributed by atoms with van der Waals surface area (Å²) in [5.41, 5.74) is 0.939. The molecule has 2 atom stereocenters. The van der Waals surface area contributed by atoms with Gasteiger partial charge in [0.1, 0.15) is 15.9 Å². The van der Waals surface area contributed by atoms with Crippen molar-refractivity contribution in [1.82, 2.24) is 34.9 Å². The molecule has 4 aromatic rings. The maximum atomic E-state index is 14.0. The van der Waals surface area contributed by atoms with E-state index in [1.807, 2.05) is 0 Å². The van der Waals surface area contributed by atoms with Crippen LogP contribution in [0.5, 0.6) is 0 Å². The Labute approximate surface area is 184 Å². The van der Waals surface area contributed by atoms with Gasteiger partial charge in [-0.25, -0.2) is 18.7 Å². The Morgan fingerprint density at radius 2 is 1.97 bits per heavy atom. The molecule has 1 aromatic carbocycles. The summed E-state index contributed by atoms with van der Waals surface area (Å²) in [5, 5.41) is 11.3. The second kappa shape index (κ2) is 7.68. The van der Waals surface area contributed by atoms with E-state index in [2.05, 4.69) is 65.4 Å². The minimum absolute atomic E-state index is 0.0299. The molecule has 0 saturated carbocycles. The molecule has 1 aliphatic rings. The second-order valence-electron chi connectivity index (χ2n) is 7.75. The van der Waals surface area contributed by atoms with Gasteiger partial charge in [0.15, 0.2) is 23.1 Å². The summed E-state index contributed by atoms with van der Waals surface area (Å²) in [6.45, 7) is 6.01. The first-order chi connectivity index (χ1) is 14.9. The highest BCUT2D eigenvalue weighted by Gasteiger charge is 2.25. The number of nitrogens with one attached hydrogen (secondary N) is 3. The second-order valence-corrected chi connectivity index (χ2v) is 8.56. The number of hydrogen-bond acceptors (Lipinski definition) is 7. The molecule has 1 aliphatic heterocycles. The van der Waals surface area contributed by atoms with Crippen LogP contribution in [-0.4, -0.2) is 54.7 Å². The Morgan fingerprint density at radius 3 is 2.74 bits per heavy atom. The zero-order valence-corrected chi connectivity index (χ0v) is 18.4. The van der Waals surface area contributed by atoms with E-state index in [0.717, 1.165) is 19.2 Å². The molecule has 9 nitrogen and oxygen atoms in total. The van der Waals surface area contributed by atoms with Crippen LogP contribution in [0.25, 0.3) is 16.7 Å². The molecule has 3 N–H and O–H groups in total. The third-order valence-corrected chi connectivity index (χ3v) is 5.71. The van der Waals surface area contributed by atoms with Gasteiger partial charge < -0.3 is 20.5 Å². The van der Waals surface area contributed by atoms with Crippen molar-refractivity contribution < 1.29 is 8.78 Å². The standard InChI is InChI=1S/C19H20BrF2N9/c1-9-7-30(8-10(2)25-9)19-28-17(18-24-5-13(20)31(18)29-19)23-6-14-26-12-4-3-11(21)15(22)16(12)27-14/h3-5,9-10,25H,6-8H2,1-2H3,(H,26,27)(H,23,28,29)/t9-,10+. The van der Waals surface area contributed by atoms with Gasteiger partial charge in [0.25, 0.3) is 0 Å². The molecule has 0 unspecified atom stereocenters. The van der Waals surface area contributed by atoms with Crippen LogP contribution >= 0.6 is 15.9 Å². The van der Waals surface area contributed by atoms with E-state index in [1.165, 1.54) is 6.07 Å². The van der Waals surface area contributed by atoms with Crippen LogP contribution in [0.15, 0.2) is 22.9 Å². The third-order valence-electron chi connectivity index (χ3n) is 5.17. The molecule has 0 amide bonds. The van der Waals surface area contributed by atoms with Crippen LogP contribution in [-0.2, 0) is 6.54 Å². The van der Waals surface area contributed by atoms with Gasteiger partial charge in [-0.3, -0.25) is 0 Å². The Hall–Kier alpha value is -2.86. The fourth-order valence-corrected chi connectivity index (χ4v) is 4.26. The summed E-state index contributed by atoms with van der Waals surface area (Å²) < 4.78 is 29.8.